The molecule has 0 fully saturated rings. The molecule has 0 nitrogen and oxygen atoms in total. The summed E-state index contributed by atoms with van der Waals surface area (Å²) in [6.45, 7) is 0. The van der Waals surface area contributed by atoms with Gasteiger partial charge in [0.05, 0.1) is 0 Å². The number of hydrogen-bond donors (Lipinski definition) is 0. The highest BCUT2D eigenvalue weighted by molar-refractivity contribution is 8.02. The van der Waals surface area contributed by atoms with E-state index < -0.39 is 0 Å². The van der Waals surface area contributed by atoms with Gasteiger partial charge in [0, 0.05) is 9.92 Å². The third-order valence-corrected chi connectivity index (χ3v) is 3.15. The van der Waals surface area contributed by atoms with E-state index in [0.29, 0.717) is 0 Å². The van der Waals surface area contributed by atoms with Gasteiger partial charge in [-0.25, -0.2) is 0 Å². The van der Waals surface area contributed by atoms with E-state index in [0.717, 1.165) is 10.6 Å². The Balaban J connectivity index is 1.98. The van der Waals surface area contributed by atoms with Gasteiger partial charge in [0.1, 0.15) is 0 Å². The molecule has 16 heavy (non-hydrogen) atoms. The van der Waals surface area contributed by atoms with Gasteiger partial charge in [0.25, 0.3) is 0 Å². The van der Waals surface area contributed by atoms with Crippen LogP contribution in [0.3, 0.4) is 0 Å². The zero-order valence-corrected chi connectivity index (χ0v) is 10.2. The van der Waals surface area contributed by atoms with Crippen molar-refractivity contribution in [2.24, 2.45) is 0 Å². The van der Waals surface area contributed by atoms with Crippen molar-refractivity contribution in [1.29, 1.82) is 0 Å². The summed E-state index contributed by atoms with van der Waals surface area (Å²) < 4.78 is 0. The summed E-state index contributed by atoms with van der Waals surface area (Å²) in [6, 6.07) is 18.1. The summed E-state index contributed by atoms with van der Waals surface area (Å²) in [6.07, 6.45) is 2.08. The van der Waals surface area contributed by atoms with E-state index in [9.17, 15) is 0 Å². The maximum absolute atomic E-state index is 5.81. The van der Waals surface area contributed by atoms with Crippen LogP contribution >= 0.6 is 23.4 Å². The van der Waals surface area contributed by atoms with Crippen LogP contribution < -0.4 is 0 Å². The van der Waals surface area contributed by atoms with E-state index in [4.69, 9.17) is 11.6 Å². The van der Waals surface area contributed by atoms with Crippen LogP contribution in [0.1, 0.15) is 5.56 Å². The Bertz CT molecular complexity index is 460. The Morgan fingerprint density at radius 2 is 1.56 bits per heavy atom. The fourth-order valence-electron chi connectivity index (χ4n) is 1.26. The molecule has 0 unspecified atom stereocenters. The van der Waals surface area contributed by atoms with Crippen LogP contribution in [0.4, 0.5) is 0 Å². The van der Waals surface area contributed by atoms with E-state index in [2.05, 4.69) is 23.6 Å². The van der Waals surface area contributed by atoms with Crippen LogP contribution in [0, 0.1) is 0 Å². The summed E-state index contributed by atoms with van der Waals surface area (Å²) in [5, 5.41) is 2.85. The number of halogens is 1. The molecular formula is C14H11ClS. The minimum absolute atomic E-state index is 0.771. The summed E-state index contributed by atoms with van der Waals surface area (Å²) in [5.74, 6) is 0. The lowest BCUT2D eigenvalue weighted by Gasteiger charge is -1.95. The quantitative estimate of drug-likeness (QED) is 0.679. The van der Waals surface area contributed by atoms with Crippen molar-refractivity contribution in [2.75, 3.05) is 0 Å². The monoisotopic (exact) mass is 246 g/mol. The molecule has 0 spiro atoms. The van der Waals surface area contributed by atoms with Gasteiger partial charge in [-0.05, 0) is 41.3 Å². The first kappa shape index (κ1) is 11.3. The Hall–Kier alpha value is -1.18. The molecular weight excluding hydrogens is 236 g/mol. The van der Waals surface area contributed by atoms with Gasteiger partial charge in [-0.2, -0.15) is 0 Å². The molecule has 2 rings (SSSR count). The predicted molar refractivity (Wildman–Crippen MR) is 72.8 cm³/mol. The van der Waals surface area contributed by atoms with E-state index in [-0.39, 0.29) is 0 Å². The molecule has 0 radical (unpaired) electrons. The van der Waals surface area contributed by atoms with Gasteiger partial charge in [0.15, 0.2) is 0 Å². The zero-order valence-electron chi connectivity index (χ0n) is 8.64. The molecule has 0 atom stereocenters. The van der Waals surface area contributed by atoms with Crippen molar-refractivity contribution < 1.29 is 0 Å². The van der Waals surface area contributed by atoms with Crippen LogP contribution in [0.25, 0.3) is 6.08 Å². The Morgan fingerprint density at radius 1 is 0.875 bits per heavy atom. The van der Waals surface area contributed by atoms with Gasteiger partial charge in [-0.15, -0.1) is 0 Å². The van der Waals surface area contributed by atoms with Crippen molar-refractivity contribution in [2.45, 2.75) is 4.90 Å². The van der Waals surface area contributed by atoms with Crippen molar-refractivity contribution >= 4 is 29.4 Å². The molecule has 0 N–H and O–H groups in total. The second kappa shape index (κ2) is 5.78. The second-order valence-electron chi connectivity index (χ2n) is 3.29. The SMILES string of the molecule is Clc1ccc(/C=C\Sc2ccccc2)cc1. The molecule has 2 aromatic carbocycles. The van der Waals surface area contributed by atoms with Crippen LogP contribution in [-0.2, 0) is 0 Å². The molecule has 0 amide bonds. The van der Waals surface area contributed by atoms with E-state index in [1.807, 2.05) is 42.5 Å². The van der Waals surface area contributed by atoms with Gasteiger partial charge in [-0.1, -0.05) is 53.7 Å². The molecule has 80 valence electrons. The summed E-state index contributed by atoms with van der Waals surface area (Å²) in [4.78, 5) is 1.24. The molecule has 2 aromatic rings. The first-order chi connectivity index (χ1) is 7.84. The molecule has 0 aliphatic heterocycles. The maximum Gasteiger partial charge on any atom is 0.0406 e. The van der Waals surface area contributed by atoms with Gasteiger partial charge >= 0.3 is 0 Å². The van der Waals surface area contributed by atoms with E-state index in [1.165, 1.54) is 4.90 Å². The number of thioether (sulfide) groups is 1. The van der Waals surface area contributed by atoms with E-state index in [1.54, 1.807) is 11.8 Å². The first-order valence-electron chi connectivity index (χ1n) is 4.98. The molecule has 2 heteroatoms. The van der Waals surface area contributed by atoms with Gasteiger partial charge < -0.3 is 0 Å². The lowest BCUT2D eigenvalue weighted by Crippen LogP contribution is -1.69. The molecule has 0 saturated heterocycles. The lowest BCUT2D eigenvalue weighted by atomic mass is 10.2. The molecule has 0 aliphatic carbocycles. The highest BCUT2D eigenvalue weighted by atomic mass is 35.5. The highest BCUT2D eigenvalue weighted by Crippen LogP contribution is 2.20. The van der Waals surface area contributed by atoms with E-state index >= 15 is 0 Å². The van der Waals surface area contributed by atoms with Crippen LogP contribution in [0.2, 0.25) is 5.02 Å². The van der Waals surface area contributed by atoms with Crippen molar-refractivity contribution in [1.82, 2.24) is 0 Å². The average Bonchev–Trinajstić information content (AvgIpc) is 2.33. The average molecular weight is 247 g/mol. The fraction of sp³-hybridized carbons (Fsp3) is 0. The molecule has 0 heterocycles. The minimum Gasteiger partial charge on any atom is -0.0981 e. The molecule has 0 bridgehead atoms. The number of benzene rings is 2. The lowest BCUT2D eigenvalue weighted by molar-refractivity contribution is 1.47. The first-order valence-corrected chi connectivity index (χ1v) is 6.24. The summed E-state index contributed by atoms with van der Waals surface area (Å²) >= 11 is 7.52. The highest BCUT2D eigenvalue weighted by Gasteiger charge is 1.89. The van der Waals surface area contributed by atoms with Gasteiger partial charge in [-0.3, -0.25) is 0 Å². The summed E-state index contributed by atoms with van der Waals surface area (Å²) in [7, 11) is 0. The second-order valence-corrected chi connectivity index (χ2v) is 4.70. The summed E-state index contributed by atoms with van der Waals surface area (Å²) in [5.41, 5.74) is 1.16. The Labute approximate surface area is 105 Å². The fourth-order valence-corrected chi connectivity index (χ4v) is 2.09. The van der Waals surface area contributed by atoms with Crippen molar-refractivity contribution in [3.8, 4) is 0 Å². The van der Waals surface area contributed by atoms with Crippen LogP contribution in [0.15, 0.2) is 64.9 Å². The smallest absolute Gasteiger partial charge is 0.0406 e. The molecule has 0 aliphatic rings. The number of rotatable bonds is 3. The Morgan fingerprint density at radius 3 is 2.25 bits per heavy atom. The predicted octanol–water partition coefficient (Wildman–Crippen LogP) is 5.10. The topological polar surface area (TPSA) is 0 Å². The zero-order chi connectivity index (χ0) is 11.2. The van der Waals surface area contributed by atoms with Crippen molar-refractivity contribution in [3.05, 3.63) is 70.6 Å². The largest absolute Gasteiger partial charge is 0.0981 e. The third kappa shape index (κ3) is 3.44. The van der Waals surface area contributed by atoms with Crippen LogP contribution in [-0.4, -0.2) is 0 Å². The molecule has 0 aromatic heterocycles. The maximum atomic E-state index is 5.81. The van der Waals surface area contributed by atoms with Crippen LogP contribution in [0.5, 0.6) is 0 Å². The Kier molecular flexibility index (Phi) is 4.09. The van der Waals surface area contributed by atoms with Crippen molar-refractivity contribution in [3.63, 3.8) is 0 Å². The minimum atomic E-state index is 0.771. The van der Waals surface area contributed by atoms with Gasteiger partial charge in [0.2, 0.25) is 0 Å². The third-order valence-electron chi connectivity index (χ3n) is 2.08. The normalized spacial score (nSPS) is 10.8. The number of hydrogen-bond acceptors (Lipinski definition) is 1. The molecule has 0 saturated carbocycles. The standard InChI is InChI=1S/C14H11ClS/c15-13-8-6-12(7-9-13)10-11-16-14-4-2-1-3-5-14/h1-11H/b11-10-.